The summed E-state index contributed by atoms with van der Waals surface area (Å²) in [5.41, 5.74) is 2.54. The summed E-state index contributed by atoms with van der Waals surface area (Å²) < 4.78 is 24.9. The topological polar surface area (TPSA) is 61.2 Å². The normalized spacial score (nSPS) is 19.1. The fraction of sp³-hybridized carbons (Fsp3) is 0.417. The summed E-state index contributed by atoms with van der Waals surface area (Å²) in [5, 5.41) is 8.76. The highest BCUT2D eigenvalue weighted by atomic mass is 32.2. The van der Waals surface area contributed by atoms with Gasteiger partial charge in [0, 0.05) is 13.1 Å². The second-order valence-corrected chi connectivity index (χ2v) is 6.34. The molecule has 1 aromatic carbocycles. The number of nitrogens with zero attached hydrogens (tertiary/aromatic N) is 2. The zero-order valence-corrected chi connectivity index (χ0v) is 10.5. The molecule has 0 aliphatic carbocycles. The lowest BCUT2D eigenvalue weighted by molar-refractivity contribution is 0.439. The lowest BCUT2D eigenvalue weighted by Gasteiger charge is -2.15. The van der Waals surface area contributed by atoms with E-state index in [1.54, 1.807) is 12.1 Å². The molecule has 17 heavy (non-hydrogen) atoms. The number of nitriles is 1. The second kappa shape index (κ2) is 4.47. The first-order valence-electron chi connectivity index (χ1n) is 5.50. The van der Waals surface area contributed by atoms with E-state index in [9.17, 15) is 8.42 Å². The third-order valence-electron chi connectivity index (χ3n) is 3.02. The smallest absolute Gasteiger partial charge is 0.212 e. The SMILES string of the molecule is Cc1cc(C#N)ccc1CN1CCCS1(=O)=O. The number of rotatable bonds is 2. The van der Waals surface area contributed by atoms with Gasteiger partial charge < -0.3 is 0 Å². The van der Waals surface area contributed by atoms with E-state index in [4.69, 9.17) is 5.26 Å². The molecule has 1 saturated heterocycles. The molecule has 5 heteroatoms. The Kier molecular flexibility index (Phi) is 3.18. The van der Waals surface area contributed by atoms with Gasteiger partial charge in [-0.3, -0.25) is 0 Å². The molecule has 1 aromatic rings. The summed E-state index contributed by atoms with van der Waals surface area (Å²) in [5.74, 6) is 0.252. The average molecular weight is 250 g/mol. The Bertz CT molecular complexity index is 573. The van der Waals surface area contributed by atoms with Gasteiger partial charge in [0.15, 0.2) is 0 Å². The highest BCUT2D eigenvalue weighted by molar-refractivity contribution is 7.89. The Balaban J connectivity index is 2.23. The average Bonchev–Trinajstić information content (AvgIpc) is 2.61. The summed E-state index contributed by atoms with van der Waals surface area (Å²) in [6.07, 6.45) is 0.706. The van der Waals surface area contributed by atoms with Crippen LogP contribution in [0.1, 0.15) is 23.1 Å². The minimum Gasteiger partial charge on any atom is -0.212 e. The van der Waals surface area contributed by atoms with E-state index in [0.717, 1.165) is 11.1 Å². The van der Waals surface area contributed by atoms with Crippen LogP contribution in [0.2, 0.25) is 0 Å². The summed E-state index contributed by atoms with van der Waals surface area (Å²) >= 11 is 0. The van der Waals surface area contributed by atoms with Gasteiger partial charge in [0.2, 0.25) is 10.0 Å². The van der Waals surface area contributed by atoms with E-state index in [0.29, 0.717) is 25.1 Å². The zero-order valence-electron chi connectivity index (χ0n) is 9.68. The minimum absolute atomic E-state index is 0.252. The molecular weight excluding hydrogens is 236 g/mol. The molecule has 0 aromatic heterocycles. The van der Waals surface area contributed by atoms with Crippen molar-refractivity contribution >= 4 is 10.0 Å². The summed E-state index contributed by atoms with van der Waals surface area (Å²) in [7, 11) is -3.05. The maximum atomic E-state index is 11.7. The van der Waals surface area contributed by atoms with E-state index in [1.807, 2.05) is 13.0 Å². The molecule has 0 spiro atoms. The van der Waals surface area contributed by atoms with Crippen LogP contribution in [0, 0.1) is 18.3 Å². The van der Waals surface area contributed by atoms with Crippen LogP contribution in [0.15, 0.2) is 18.2 Å². The molecule has 0 saturated carbocycles. The van der Waals surface area contributed by atoms with Gasteiger partial charge in [-0.25, -0.2) is 8.42 Å². The van der Waals surface area contributed by atoms with Gasteiger partial charge in [0.25, 0.3) is 0 Å². The number of sulfonamides is 1. The van der Waals surface area contributed by atoms with Crippen LogP contribution in [0.25, 0.3) is 0 Å². The van der Waals surface area contributed by atoms with Crippen molar-refractivity contribution in [3.05, 3.63) is 34.9 Å². The highest BCUT2D eigenvalue weighted by Crippen LogP contribution is 2.19. The van der Waals surface area contributed by atoms with E-state index >= 15 is 0 Å². The summed E-state index contributed by atoms with van der Waals surface area (Å²) in [6.45, 7) is 2.92. The summed E-state index contributed by atoms with van der Waals surface area (Å²) in [4.78, 5) is 0. The van der Waals surface area contributed by atoms with Crippen LogP contribution in [-0.4, -0.2) is 25.0 Å². The number of hydrogen-bond acceptors (Lipinski definition) is 3. The van der Waals surface area contributed by atoms with Crippen molar-refractivity contribution in [2.75, 3.05) is 12.3 Å². The van der Waals surface area contributed by atoms with Crippen molar-refractivity contribution < 1.29 is 8.42 Å². The maximum Gasteiger partial charge on any atom is 0.214 e. The molecule has 1 fully saturated rings. The molecule has 0 unspecified atom stereocenters. The van der Waals surface area contributed by atoms with Crippen LogP contribution in [0.5, 0.6) is 0 Å². The molecule has 1 aliphatic rings. The van der Waals surface area contributed by atoms with Crippen LogP contribution < -0.4 is 0 Å². The maximum absolute atomic E-state index is 11.7. The van der Waals surface area contributed by atoms with Crippen molar-refractivity contribution in [3.8, 4) is 6.07 Å². The van der Waals surface area contributed by atoms with Gasteiger partial charge in [-0.2, -0.15) is 9.57 Å². The van der Waals surface area contributed by atoms with Gasteiger partial charge in [0.05, 0.1) is 17.4 Å². The van der Waals surface area contributed by atoms with Crippen LogP contribution in [-0.2, 0) is 16.6 Å². The van der Waals surface area contributed by atoms with Gasteiger partial charge in [-0.15, -0.1) is 0 Å². The van der Waals surface area contributed by atoms with E-state index in [2.05, 4.69) is 6.07 Å². The van der Waals surface area contributed by atoms with E-state index in [-0.39, 0.29) is 5.75 Å². The molecule has 0 radical (unpaired) electrons. The fourth-order valence-electron chi connectivity index (χ4n) is 2.00. The molecule has 1 aliphatic heterocycles. The van der Waals surface area contributed by atoms with E-state index in [1.165, 1.54) is 4.31 Å². The number of hydrogen-bond donors (Lipinski definition) is 0. The van der Waals surface area contributed by atoms with E-state index < -0.39 is 10.0 Å². The van der Waals surface area contributed by atoms with Crippen molar-refractivity contribution in [1.82, 2.24) is 4.31 Å². The minimum atomic E-state index is -3.05. The molecular formula is C12H14N2O2S. The van der Waals surface area contributed by atoms with Gasteiger partial charge in [0.1, 0.15) is 0 Å². The molecule has 90 valence electrons. The third-order valence-corrected chi connectivity index (χ3v) is 4.92. The highest BCUT2D eigenvalue weighted by Gasteiger charge is 2.28. The Morgan fingerprint density at radius 1 is 1.47 bits per heavy atom. The largest absolute Gasteiger partial charge is 0.214 e. The third kappa shape index (κ3) is 2.48. The van der Waals surface area contributed by atoms with Crippen molar-refractivity contribution in [1.29, 1.82) is 5.26 Å². The van der Waals surface area contributed by atoms with Crippen molar-refractivity contribution in [2.45, 2.75) is 19.9 Å². The Hall–Kier alpha value is -1.38. The van der Waals surface area contributed by atoms with Crippen LogP contribution >= 0.6 is 0 Å². The van der Waals surface area contributed by atoms with Gasteiger partial charge >= 0.3 is 0 Å². The van der Waals surface area contributed by atoms with Crippen LogP contribution in [0.4, 0.5) is 0 Å². The first-order chi connectivity index (χ1) is 8.03. The molecule has 0 amide bonds. The fourth-order valence-corrected chi connectivity index (χ4v) is 3.50. The number of benzene rings is 1. The lowest BCUT2D eigenvalue weighted by Crippen LogP contribution is -2.25. The zero-order chi connectivity index (χ0) is 12.5. The molecule has 0 atom stereocenters. The first-order valence-corrected chi connectivity index (χ1v) is 7.11. The quantitative estimate of drug-likeness (QED) is 0.797. The first kappa shape index (κ1) is 12.1. The Morgan fingerprint density at radius 2 is 2.24 bits per heavy atom. The number of aryl methyl sites for hydroxylation is 1. The second-order valence-electron chi connectivity index (χ2n) is 4.26. The van der Waals surface area contributed by atoms with Gasteiger partial charge in [-0.1, -0.05) is 6.07 Å². The lowest BCUT2D eigenvalue weighted by atomic mass is 10.1. The van der Waals surface area contributed by atoms with Gasteiger partial charge in [-0.05, 0) is 36.6 Å². The molecule has 1 heterocycles. The predicted octanol–water partition coefficient (Wildman–Crippen LogP) is 1.40. The summed E-state index contributed by atoms with van der Waals surface area (Å²) in [6, 6.07) is 7.42. The molecule has 0 N–H and O–H groups in total. The van der Waals surface area contributed by atoms with Crippen molar-refractivity contribution in [3.63, 3.8) is 0 Å². The monoisotopic (exact) mass is 250 g/mol. The Labute approximate surface area is 102 Å². The van der Waals surface area contributed by atoms with Crippen molar-refractivity contribution in [2.24, 2.45) is 0 Å². The molecule has 4 nitrogen and oxygen atoms in total. The molecule has 0 bridgehead atoms. The standard InChI is InChI=1S/C12H14N2O2S/c1-10-7-11(8-13)3-4-12(10)9-14-5-2-6-17(14,15)16/h3-4,7H,2,5-6,9H2,1H3. The Morgan fingerprint density at radius 3 is 2.76 bits per heavy atom. The van der Waals surface area contributed by atoms with Crippen LogP contribution in [0.3, 0.4) is 0 Å². The molecule has 2 rings (SSSR count). The predicted molar refractivity (Wildman–Crippen MR) is 64.7 cm³/mol.